The normalized spacial score (nSPS) is 22.2. The van der Waals surface area contributed by atoms with Crippen molar-refractivity contribution in [3.63, 3.8) is 0 Å². The Morgan fingerprint density at radius 1 is 1.25 bits per heavy atom. The van der Waals surface area contributed by atoms with Crippen molar-refractivity contribution in [2.75, 3.05) is 6.54 Å². The van der Waals surface area contributed by atoms with Gasteiger partial charge in [0.05, 0.1) is 6.10 Å². The lowest BCUT2D eigenvalue weighted by atomic mass is 9.83. The van der Waals surface area contributed by atoms with Crippen LogP contribution in [0, 0.1) is 11.8 Å². The van der Waals surface area contributed by atoms with E-state index in [4.69, 9.17) is 5.73 Å². The lowest BCUT2D eigenvalue weighted by Gasteiger charge is -2.28. The van der Waals surface area contributed by atoms with E-state index in [0.717, 1.165) is 12.8 Å². The second-order valence-corrected chi connectivity index (χ2v) is 5.32. The van der Waals surface area contributed by atoms with Crippen molar-refractivity contribution in [3.05, 3.63) is 11.6 Å². The van der Waals surface area contributed by atoms with Crippen LogP contribution in [0.15, 0.2) is 11.6 Å². The van der Waals surface area contributed by atoms with Crippen LogP contribution in [0.1, 0.15) is 52.4 Å². The van der Waals surface area contributed by atoms with Crippen LogP contribution in [0.25, 0.3) is 0 Å². The van der Waals surface area contributed by atoms with Crippen LogP contribution >= 0.6 is 0 Å². The predicted molar refractivity (Wildman–Crippen MR) is 69.2 cm³/mol. The first-order valence-corrected chi connectivity index (χ1v) is 6.74. The fraction of sp³-hybridized carbons (Fsp3) is 0.857. The van der Waals surface area contributed by atoms with Crippen LogP contribution in [0.5, 0.6) is 0 Å². The minimum atomic E-state index is -0.317. The van der Waals surface area contributed by atoms with Crippen molar-refractivity contribution in [2.24, 2.45) is 17.6 Å². The van der Waals surface area contributed by atoms with Crippen LogP contribution in [0.3, 0.4) is 0 Å². The first-order valence-electron chi connectivity index (χ1n) is 6.74. The molecule has 2 unspecified atom stereocenters. The fourth-order valence-electron chi connectivity index (χ4n) is 2.53. The molecule has 1 rings (SSSR count). The number of hydrogen-bond donors (Lipinski definition) is 2. The van der Waals surface area contributed by atoms with Crippen molar-refractivity contribution >= 4 is 0 Å². The van der Waals surface area contributed by atoms with Gasteiger partial charge in [-0.25, -0.2) is 0 Å². The zero-order valence-electron chi connectivity index (χ0n) is 10.8. The zero-order chi connectivity index (χ0) is 12.0. The van der Waals surface area contributed by atoms with Gasteiger partial charge in [-0.2, -0.15) is 0 Å². The highest BCUT2D eigenvalue weighted by Gasteiger charge is 2.24. The molecular formula is C14H27NO. The smallest absolute Gasteiger partial charge is 0.0792 e. The van der Waals surface area contributed by atoms with Gasteiger partial charge in [-0.1, -0.05) is 32.8 Å². The molecule has 0 fully saturated rings. The summed E-state index contributed by atoms with van der Waals surface area (Å²) < 4.78 is 0. The third-order valence-corrected chi connectivity index (χ3v) is 3.74. The average molecular weight is 225 g/mol. The lowest BCUT2D eigenvalue weighted by Crippen LogP contribution is -2.33. The molecule has 0 saturated carbocycles. The van der Waals surface area contributed by atoms with E-state index in [-0.39, 0.29) is 12.0 Å². The second kappa shape index (κ2) is 7.08. The summed E-state index contributed by atoms with van der Waals surface area (Å²) >= 11 is 0. The van der Waals surface area contributed by atoms with E-state index in [2.05, 4.69) is 19.9 Å². The van der Waals surface area contributed by atoms with Crippen molar-refractivity contribution in [3.8, 4) is 0 Å². The Morgan fingerprint density at radius 2 is 1.94 bits per heavy atom. The topological polar surface area (TPSA) is 46.2 Å². The first kappa shape index (κ1) is 13.7. The van der Waals surface area contributed by atoms with Crippen LogP contribution in [-0.2, 0) is 0 Å². The molecule has 1 aliphatic carbocycles. The molecule has 2 nitrogen and oxygen atoms in total. The average Bonchev–Trinajstić information content (AvgIpc) is 2.16. The highest BCUT2D eigenvalue weighted by atomic mass is 16.3. The second-order valence-electron chi connectivity index (χ2n) is 5.32. The molecule has 0 saturated heterocycles. The van der Waals surface area contributed by atoms with E-state index >= 15 is 0 Å². The molecule has 0 amide bonds. The van der Waals surface area contributed by atoms with Crippen molar-refractivity contribution < 1.29 is 5.11 Å². The Kier molecular flexibility index (Phi) is 6.07. The summed E-state index contributed by atoms with van der Waals surface area (Å²) in [6.45, 7) is 4.87. The highest BCUT2D eigenvalue weighted by molar-refractivity contribution is 5.11. The fourth-order valence-corrected chi connectivity index (χ4v) is 2.53. The summed E-state index contributed by atoms with van der Waals surface area (Å²) in [5, 5.41) is 10.4. The maximum atomic E-state index is 10.4. The Labute approximate surface area is 99.9 Å². The van der Waals surface area contributed by atoms with Crippen LogP contribution in [0.2, 0.25) is 0 Å². The number of hydrogen-bond acceptors (Lipinski definition) is 2. The van der Waals surface area contributed by atoms with E-state index in [0.29, 0.717) is 12.5 Å². The molecule has 0 aromatic heterocycles. The third-order valence-electron chi connectivity index (χ3n) is 3.74. The number of allylic oxidation sites excluding steroid dienone is 1. The quantitative estimate of drug-likeness (QED) is 0.723. The van der Waals surface area contributed by atoms with Crippen molar-refractivity contribution in [1.29, 1.82) is 0 Å². The Balaban J connectivity index is 2.64. The molecule has 0 heterocycles. The third kappa shape index (κ3) is 3.91. The monoisotopic (exact) mass is 225 g/mol. The van der Waals surface area contributed by atoms with Gasteiger partial charge in [0, 0.05) is 5.92 Å². The first-order chi connectivity index (χ1) is 7.66. The molecule has 0 aliphatic heterocycles. The lowest BCUT2D eigenvalue weighted by molar-refractivity contribution is 0.113. The molecule has 0 aromatic rings. The van der Waals surface area contributed by atoms with Gasteiger partial charge in [-0.3, -0.25) is 0 Å². The highest BCUT2D eigenvalue weighted by Crippen LogP contribution is 2.26. The molecular weight excluding hydrogens is 198 g/mol. The Morgan fingerprint density at radius 3 is 2.56 bits per heavy atom. The van der Waals surface area contributed by atoms with Gasteiger partial charge >= 0.3 is 0 Å². The van der Waals surface area contributed by atoms with Gasteiger partial charge in [-0.15, -0.1) is 0 Å². The molecule has 0 bridgehead atoms. The minimum Gasteiger partial charge on any atom is -0.388 e. The number of aliphatic hydroxyl groups is 1. The molecule has 0 spiro atoms. The number of rotatable bonds is 4. The number of aliphatic hydroxyl groups excluding tert-OH is 1. The summed E-state index contributed by atoms with van der Waals surface area (Å²) in [5.41, 5.74) is 7.00. The predicted octanol–water partition coefficient (Wildman–Crippen LogP) is 2.86. The molecule has 1 aliphatic rings. The molecule has 3 N–H and O–H groups in total. The number of nitrogens with two attached hydrogens (primary N) is 1. The van der Waals surface area contributed by atoms with Gasteiger partial charge < -0.3 is 10.8 Å². The zero-order valence-corrected chi connectivity index (χ0v) is 10.8. The van der Waals surface area contributed by atoms with E-state index in [1.807, 2.05) is 0 Å². The summed E-state index contributed by atoms with van der Waals surface area (Å²) in [4.78, 5) is 0. The molecule has 2 heteroatoms. The summed E-state index contributed by atoms with van der Waals surface area (Å²) in [7, 11) is 0. The Hall–Kier alpha value is -0.340. The largest absolute Gasteiger partial charge is 0.388 e. The van der Waals surface area contributed by atoms with E-state index in [9.17, 15) is 5.11 Å². The van der Waals surface area contributed by atoms with Gasteiger partial charge in [0.2, 0.25) is 0 Å². The summed E-state index contributed by atoms with van der Waals surface area (Å²) in [5.74, 6) is 0.664. The molecule has 0 radical (unpaired) electrons. The standard InChI is InChI=1S/C14H27NO/c1-11(2)13(10-15)14(16)12-8-6-4-3-5-7-9-12/h8,11,13-14,16H,3-7,9-10,15H2,1-2H3. The molecule has 94 valence electrons. The van der Waals surface area contributed by atoms with E-state index < -0.39 is 0 Å². The van der Waals surface area contributed by atoms with E-state index in [1.165, 1.54) is 31.3 Å². The van der Waals surface area contributed by atoms with Crippen molar-refractivity contribution in [1.82, 2.24) is 0 Å². The maximum absolute atomic E-state index is 10.4. The molecule has 2 atom stereocenters. The maximum Gasteiger partial charge on any atom is 0.0792 e. The van der Waals surface area contributed by atoms with Crippen LogP contribution in [0.4, 0.5) is 0 Å². The van der Waals surface area contributed by atoms with E-state index in [1.54, 1.807) is 0 Å². The van der Waals surface area contributed by atoms with Crippen LogP contribution in [-0.4, -0.2) is 17.8 Å². The van der Waals surface area contributed by atoms with Crippen molar-refractivity contribution in [2.45, 2.75) is 58.5 Å². The Bertz CT molecular complexity index is 223. The van der Waals surface area contributed by atoms with Gasteiger partial charge in [0.1, 0.15) is 0 Å². The summed E-state index contributed by atoms with van der Waals surface area (Å²) in [6, 6.07) is 0. The van der Waals surface area contributed by atoms with Crippen LogP contribution < -0.4 is 5.73 Å². The van der Waals surface area contributed by atoms with Gasteiger partial charge in [0.15, 0.2) is 0 Å². The molecule has 16 heavy (non-hydrogen) atoms. The van der Waals surface area contributed by atoms with Gasteiger partial charge in [-0.05, 0) is 43.7 Å². The summed E-state index contributed by atoms with van der Waals surface area (Å²) in [6.07, 6.45) is 9.26. The molecule has 0 aromatic carbocycles. The SMILES string of the molecule is CC(C)C(CN)C(O)C1=CCCCCCC1. The van der Waals surface area contributed by atoms with Gasteiger partial charge in [0.25, 0.3) is 0 Å². The minimum absolute atomic E-state index is 0.214.